The third-order valence-corrected chi connectivity index (χ3v) is 6.72. The van der Waals surface area contributed by atoms with Gasteiger partial charge in [-0.3, -0.25) is 14.3 Å². The van der Waals surface area contributed by atoms with Crippen molar-refractivity contribution in [3.63, 3.8) is 0 Å². The van der Waals surface area contributed by atoms with E-state index in [0.717, 1.165) is 54.2 Å². The summed E-state index contributed by atoms with van der Waals surface area (Å²) in [6.07, 6.45) is 3.45. The largest absolute Gasteiger partial charge is 0.292 e. The van der Waals surface area contributed by atoms with Gasteiger partial charge in [-0.05, 0) is 62.9 Å². The molecule has 1 aliphatic rings. The molecule has 2 heterocycles. The molecule has 0 unspecified atom stereocenters. The van der Waals surface area contributed by atoms with Crippen molar-refractivity contribution in [3.8, 4) is 0 Å². The van der Waals surface area contributed by atoms with Crippen molar-refractivity contribution in [2.24, 2.45) is 5.92 Å². The molecule has 0 radical (unpaired) electrons. The van der Waals surface area contributed by atoms with Crippen molar-refractivity contribution in [1.82, 2.24) is 9.47 Å². The van der Waals surface area contributed by atoms with Crippen LogP contribution in [-0.4, -0.2) is 34.5 Å². The summed E-state index contributed by atoms with van der Waals surface area (Å²) in [5, 5.41) is 2.30. The number of hydrogen-bond donors (Lipinski definition) is 0. The number of fused-ring (bicyclic) bond motifs is 3. The molecule has 4 aromatic rings. The molecule has 0 aliphatic carbocycles. The van der Waals surface area contributed by atoms with Crippen LogP contribution in [0, 0.1) is 5.92 Å². The fraction of sp³-hybridized carbons (Fsp3) is 0.296. The SMILES string of the molecule is C[C@H](C(=O)n1c2ccccc2c2ccccc21)N1CCC(Cc2ccccc2)CC1. The van der Waals surface area contributed by atoms with Crippen molar-refractivity contribution in [1.29, 1.82) is 0 Å². The fourth-order valence-electron chi connectivity index (χ4n) is 4.99. The predicted octanol–water partition coefficient (Wildman–Crippen LogP) is 5.78. The van der Waals surface area contributed by atoms with Crippen molar-refractivity contribution >= 4 is 27.7 Å². The lowest BCUT2D eigenvalue weighted by Crippen LogP contribution is -2.45. The molecule has 0 bridgehead atoms. The highest BCUT2D eigenvalue weighted by molar-refractivity contribution is 6.13. The molecular weight excluding hydrogens is 368 g/mol. The van der Waals surface area contributed by atoms with E-state index in [1.54, 1.807) is 0 Å². The normalized spacial score (nSPS) is 16.8. The van der Waals surface area contributed by atoms with E-state index in [1.807, 2.05) is 28.8 Å². The van der Waals surface area contributed by atoms with Gasteiger partial charge in [0.2, 0.25) is 5.91 Å². The van der Waals surface area contributed by atoms with Gasteiger partial charge in [-0.25, -0.2) is 0 Å². The van der Waals surface area contributed by atoms with Gasteiger partial charge in [0.15, 0.2) is 0 Å². The van der Waals surface area contributed by atoms with Crippen LogP contribution in [0.4, 0.5) is 0 Å². The van der Waals surface area contributed by atoms with Gasteiger partial charge in [0.25, 0.3) is 0 Å². The number of likely N-dealkylation sites (tertiary alicyclic amines) is 1. The Balaban J connectivity index is 1.35. The number of piperidine rings is 1. The quantitative estimate of drug-likeness (QED) is 0.437. The highest BCUT2D eigenvalue weighted by Gasteiger charge is 2.29. The second-order valence-corrected chi connectivity index (χ2v) is 8.55. The van der Waals surface area contributed by atoms with Crippen LogP contribution in [0.3, 0.4) is 0 Å². The van der Waals surface area contributed by atoms with E-state index >= 15 is 0 Å². The number of carbonyl (C=O) groups excluding carboxylic acids is 1. The van der Waals surface area contributed by atoms with E-state index in [0.29, 0.717) is 5.92 Å². The van der Waals surface area contributed by atoms with Gasteiger partial charge < -0.3 is 0 Å². The van der Waals surface area contributed by atoms with Crippen LogP contribution in [0.2, 0.25) is 0 Å². The minimum Gasteiger partial charge on any atom is -0.292 e. The average molecular weight is 397 g/mol. The summed E-state index contributed by atoms with van der Waals surface area (Å²) in [5.74, 6) is 0.883. The molecule has 3 heteroatoms. The molecule has 1 atom stereocenters. The molecule has 0 spiro atoms. The van der Waals surface area contributed by atoms with Gasteiger partial charge in [-0.1, -0.05) is 66.7 Å². The van der Waals surface area contributed by atoms with Crippen LogP contribution in [-0.2, 0) is 6.42 Å². The van der Waals surface area contributed by atoms with Crippen LogP contribution in [0.15, 0.2) is 78.9 Å². The van der Waals surface area contributed by atoms with Gasteiger partial charge in [-0.2, -0.15) is 0 Å². The molecule has 0 N–H and O–H groups in total. The Kier molecular flexibility index (Phi) is 5.14. The van der Waals surface area contributed by atoms with E-state index in [4.69, 9.17) is 0 Å². The van der Waals surface area contributed by atoms with Crippen molar-refractivity contribution in [3.05, 3.63) is 84.4 Å². The third-order valence-electron chi connectivity index (χ3n) is 6.72. The van der Waals surface area contributed by atoms with Crippen LogP contribution in [0.25, 0.3) is 21.8 Å². The molecule has 0 saturated carbocycles. The Morgan fingerprint density at radius 2 is 1.37 bits per heavy atom. The highest BCUT2D eigenvalue weighted by Crippen LogP contribution is 2.30. The maximum atomic E-state index is 13.6. The van der Waals surface area contributed by atoms with E-state index in [9.17, 15) is 4.79 Å². The second kappa shape index (κ2) is 8.08. The lowest BCUT2D eigenvalue weighted by atomic mass is 9.89. The van der Waals surface area contributed by atoms with Gasteiger partial charge in [0.05, 0.1) is 17.1 Å². The smallest absolute Gasteiger partial charge is 0.248 e. The lowest BCUT2D eigenvalue weighted by molar-refractivity contribution is 0.0696. The molecule has 3 aromatic carbocycles. The molecule has 0 amide bonds. The van der Waals surface area contributed by atoms with Crippen LogP contribution >= 0.6 is 0 Å². The minimum atomic E-state index is -0.123. The first-order chi connectivity index (χ1) is 14.7. The molecule has 152 valence electrons. The number of benzene rings is 3. The number of carbonyl (C=O) groups is 1. The number of hydrogen-bond acceptors (Lipinski definition) is 2. The third kappa shape index (κ3) is 3.44. The zero-order chi connectivity index (χ0) is 20.5. The predicted molar refractivity (Wildman–Crippen MR) is 124 cm³/mol. The monoisotopic (exact) mass is 396 g/mol. The summed E-state index contributed by atoms with van der Waals surface area (Å²) in [5.41, 5.74) is 3.44. The summed E-state index contributed by atoms with van der Waals surface area (Å²) in [6.45, 7) is 4.05. The maximum Gasteiger partial charge on any atom is 0.248 e. The number of rotatable bonds is 4. The minimum absolute atomic E-state index is 0.123. The van der Waals surface area contributed by atoms with E-state index in [1.165, 1.54) is 5.56 Å². The van der Waals surface area contributed by atoms with E-state index in [-0.39, 0.29) is 11.9 Å². The van der Waals surface area contributed by atoms with Crippen molar-refractivity contribution in [2.45, 2.75) is 32.2 Å². The van der Waals surface area contributed by atoms with Crippen LogP contribution in [0.1, 0.15) is 30.1 Å². The average Bonchev–Trinajstić information content (AvgIpc) is 3.14. The van der Waals surface area contributed by atoms with E-state index < -0.39 is 0 Å². The molecule has 1 fully saturated rings. The molecule has 1 aliphatic heterocycles. The summed E-state index contributed by atoms with van der Waals surface area (Å²) >= 11 is 0. The Morgan fingerprint density at radius 3 is 1.97 bits per heavy atom. The van der Waals surface area contributed by atoms with Crippen LogP contribution < -0.4 is 0 Å². The Hall–Kier alpha value is -2.91. The van der Waals surface area contributed by atoms with E-state index in [2.05, 4.69) is 66.4 Å². The highest BCUT2D eigenvalue weighted by atomic mass is 16.2. The zero-order valence-corrected chi connectivity index (χ0v) is 17.5. The fourth-order valence-corrected chi connectivity index (χ4v) is 4.99. The molecular formula is C27H28N2O. The zero-order valence-electron chi connectivity index (χ0n) is 17.5. The van der Waals surface area contributed by atoms with Crippen molar-refractivity contribution < 1.29 is 4.79 Å². The number of nitrogens with zero attached hydrogens (tertiary/aromatic N) is 2. The Morgan fingerprint density at radius 1 is 0.833 bits per heavy atom. The molecule has 1 aromatic heterocycles. The second-order valence-electron chi connectivity index (χ2n) is 8.55. The summed E-state index contributed by atoms with van der Waals surface area (Å²) < 4.78 is 1.94. The maximum absolute atomic E-state index is 13.6. The van der Waals surface area contributed by atoms with Crippen molar-refractivity contribution in [2.75, 3.05) is 13.1 Å². The first kappa shape index (κ1) is 19.1. The first-order valence-electron chi connectivity index (χ1n) is 11.0. The summed E-state index contributed by atoms with van der Waals surface area (Å²) in [4.78, 5) is 16.0. The summed E-state index contributed by atoms with van der Waals surface area (Å²) in [7, 11) is 0. The molecule has 1 saturated heterocycles. The van der Waals surface area contributed by atoms with Gasteiger partial charge in [-0.15, -0.1) is 0 Å². The van der Waals surface area contributed by atoms with Gasteiger partial charge in [0.1, 0.15) is 0 Å². The van der Waals surface area contributed by atoms with Gasteiger partial charge in [0, 0.05) is 10.8 Å². The standard InChI is InChI=1S/C27H28N2O/c1-20(28-17-15-22(16-18-28)19-21-9-3-2-4-10-21)27(30)29-25-13-7-5-11-23(25)24-12-6-8-14-26(24)29/h2-14,20,22H,15-19H2,1H3/t20-/m1/s1. The Labute approximate surface area is 177 Å². The molecule has 30 heavy (non-hydrogen) atoms. The van der Waals surface area contributed by atoms with Crippen LogP contribution in [0.5, 0.6) is 0 Å². The number of para-hydroxylation sites is 2. The molecule has 5 rings (SSSR count). The lowest BCUT2D eigenvalue weighted by Gasteiger charge is -2.35. The summed E-state index contributed by atoms with van der Waals surface area (Å²) in [6, 6.07) is 27.1. The Bertz CT molecular complexity index is 1120. The molecule has 3 nitrogen and oxygen atoms in total. The topological polar surface area (TPSA) is 25.2 Å². The van der Waals surface area contributed by atoms with Gasteiger partial charge >= 0.3 is 0 Å². The number of aromatic nitrogens is 1. The first-order valence-corrected chi connectivity index (χ1v) is 11.0.